The van der Waals surface area contributed by atoms with Crippen LogP contribution in [0.2, 0.25) is 0 Å². The van der Waals surface area contributed by atoms with Crippen LogP contribution >= 0.6 is 0 Å². The third kappa shape index (κ3) is 4.75. The summed E-state index contributed by atoms with van der Waals surface area (Å²) in [5.74, 6) is 3.02. The van der Waals surface area contributed by atoms with Crippen molar-refractivity contribution in [2.45, 2.75) is 13.0 Å². The van der Waals surface area contributed by atoms with Crippen molar-refractivity contribution >= 4 is 17.7 Å². The van der Waals surface area contributed by atoms with Gasteiger partial charge in [-0.25, -0.2) is 0 Å². The Morgan fingerprint density at radius 2 is 1.68 bits per heavy atom. The number of ether oxygens (including phenoxy) is 5. The number of benzene rings is 3. The number of carbonyl (C=O) groups is 1. The normalized spacial score (nSPS) is 14.8. The van der Waals surface area contributed by atoms with Gasteiger partial charge in [0.15, 0.2) is 23.0 Å². The molecule has 0 radical (unpaired) electrons. The van der Waals surface area contributed by atoms with Crippen LogP contribution in [-0.4, -0.2) is 64.5 Å². The Hall–Kier alpha value is -4.17. The zero-order valence-electron chi connectivity index (χ0n) is 22.4. The van der Waals surface area contributed by atoms with Gasteiger partial charge < -0.3 is 33.5 Å². The fourth-order valence-corrected chi connectivity index (χ4v) is 4.79. The molecule has 5 rings (SSSR count). The Kier molecular flexibility index (Phi) is 7.15. The Labute approximate surface area is 222 Å². The third-order valence-corrected chi connectivity index (χ3v) is 6.83. The molecule has 3 aromatic rings. The minimum Gasteiger partial charge on any atom is -0.497 e. The summed E-state index contributed by atoms with van der Waals surface area (Å²) in [6.07, 6.45) is 2.86. The maximum atomic E-state index is 13.9. The minimum absolute atomic E-state index is 0.0982. The van der Waals surface area contributed by atoms with Crippen LogP contribution in [0, 0.1) is 0 Å². The van der Waals surface area contributed by atoms with Crippen molar-refractivity contribution < 1.29 is 28.5 Å². The molecule has 38 heavy (non-hydrogen) atoms. The topological polar surface area (TPSA) is 69.7 Å². The first-order valence-corrected chi connectivity index (χ1v) is 12.4. The van der Waals surface area contributed by atoms with Gasteiger partial charge in [0.25, 0.3) is 5.91 Å². The van der Waals surface area contributed by atoms with Crippen LogP contribution in [0.3, 0.4) is 0 Å². The second kappa shape index (κ2) is 10.7. The monoisotopic (exact) mass is 516 g/mol. The second-order valence-corrected chi connectivity index (χ2v) is 9.45. The van der Waals surface area contributed by atoms with Crippen LogP contribution in [-0.2, 0) is 13.0 Å². The van der Waals surface area contributed by atoms with E-state index in [-0.39, 0.29) is 12.7 Å². The molecule has 0 spiro atoms. The van der Waals surface area contributed by atoms with Gasteiger partial charge in [0.2, 0.25) is 6.79 Å². The highest BCUT2D eigenvalue weighted by Crippen LogP contribution is 2.46. The molecule has 0 aliphatic carbocycles. The zero-order valence-corrected chi connectivity index (χ0v) is 22.4. The van der Waals surface area contributed by atoms with Gasteiger partial charge in [0, 0.05) is 12.1 Å². The van der Waals surface area contributed by atoms with Crippen LogP contribution in [0.15, 0.2) is 48.5 Å². The molecular weight excluding hydrogens is 484 g/mol. The van der Waals surface area contributed by atoms with Crippen LogP contribution in [0.5, 0.6) is 28.7 Å². The molecule has 3 aromatic carbocycles. The largest absolute Gasteiger partial charge is 0.497 e. The number of amides is 1. The standard InChI is InChI=1S/C30H32N2O6/c1-31(2)13-12-20-15-26(35-4)27(36-5)16-21(20)14-24-23-10-11-25-29(38-18-37-25)28(23)30(33)32(24)17-19-6-8-22(34-3)9-7-19/h6-11,14-16H,12-13,17-18H2,1-5H3/b24-14+. The smallest absolute Gasteiger partial charge is 0.263 e. The maximum absolute atomic E-state index is 13.9. The Balaban J connectivity index is 1.64. The van der Waals surface area contributed by atoms with Gasteiger partial charge >= 0.3 is 0 Å². The molecule has 2 heterocycles. The van der Waals surface area contributed by atoms with E-state index in [2.05, 4.69) is 11.0 Å². The maximum Gasteiger partial charge on any atom is 0.263 e. The molecule has 0 saturated heterocycles. The summed E-state index contributed by atoms with van der Waals surface area (Å²) in [5.41, 5.74) is 5.15. The molecule has 2 aliphatic rings. The predicted molar refractivity (Wildman–Crippen MR) is 145 cm³/mol. The summed E-state index contributed by atoms with van der Waals surface area (Å²) in [6.45, 7) is 1.34. The molecule has 0 saturated carbocycles. The molecule has 0 N–H and O–H groups in total. The predicted octanol–water partition coefficient (Wildman–Crippen LogP) is 4.70. The first-order valence-electron chi connectivity index (χ1n) is 12.4. The number of methoxy groups -OCH3 is 3. The van der Waals surface area contributed by atoms with E-state index in [9.17, 15) is 4.79 Å². The molecule has 0 bridgehead atoms. The fourth-order valence-electron chi connectivity index (χ4n) is 4.79. The summed E-state index contributed by atoms with van der Waals surface area (Å²) in [5, 5.41) is 0. The van der Waals surface area contributed by atoms with Gasteiger partial charge in [-0.3, -0.25) is 4.79 Å². The van der Waals surface area contributed by atoms with Gasteiger partial charge in [-0.2, -0.15) is 0 Å². The van der Waals surface area contributed by atoms with Crippen LogP contribution in [0.25, 0.3) is 11.8 Å². The van der Waals surface area contributed by atoms with E-state index >= 15 is 0 Å². The number of nitrogens with zero attached hydrogens (tertiary/aromatic N) is 2. The molecule has 8 nitrogen and oxygen atoms in total. The second-order valence-electron chi connectivity index (χ2n) is 9.45. The van der Waals surface area contributed by atoms with Crippen LogP contribution in [0.1, 0.15) is 32.6 Å². The summed E-state index contributed by atoms with van der Waals surface area (Å²) in [4.78, 5) is 17.8. The van der Waals surface area contributed by atoms with Gasteiger partial charge in [-0.15, -0.1) is 0 Å². The number of fused-ring (bicyclic) bond motifs is 3. The Morgan fingerprint density at radius 3 is 2.37 bits per heavy atom. The highest BCUT2D eigenvalue weighted by Gasteiger charge is 2.38. The van der Waals surface area contributed by atoms with Crippen molar-refractivity contribution in [2.24, 2.45) is 0 Å². The highest BCUT2D eigenvalue weighted by atomic mass is 16.7. The number of likely N-dealkylation sites (N-methyl/N-ethyl adjacent to an activating group) is 1. The van der Waals surface area contributed by atoms with E-state index in [4.69, 9.17) is 23.7 Å². The molecule has 0 aromatic heterocycles. The molecule has 2 aliphatic heterocycles. The van der Waals surface area contributed by atoms with E-state index in [1.165, 1.54) is 0 Å². The summed E-state index contributed by atoms with van der Waals surface area (Å²) < 4.78 is 27.8. The molecule has 1 amide bonds. The van der Waals surface area contributed by atoms with Gasteiger partial charge in [-0.1, -0.05) is 12.1 Å². The SMILES string of the molecule is COc1ccc(CN2C(=O)c3c(ccc4c3OCO4)/C2=C\c2cc(OC)c(OC)cc2CCN(C)C)cc1. The lowest BCUT2D eigenvalue weighted by Gasteiger charge is -2.20. The van der Waals surface area contributed by atoms with Gasteiger partial charge in [0.1, 0.15) is 5.75 Å². The Bertz CT molecular complexity index is 1380. The quantitative estimate of drug-likeness (QED) is 0.408. The van der Waals surface area contributed by atoms with E-state index < -0.39 is 0 Å². The van der Waals surface area contributed by atoms with Crippen LogP contribution < -0.4 is 23.7 Å². The minimum atomic E-state index is -0.125. The molecular formula is C30H32N2O6. The van der Waals surface area contributed by atoms with Crippen molar-refractivity contribution in [3.8, 4) is 28.7 Å². The lowest BCUT2D eigenvalue weighted by Crippen LogP contribution is -2.23. The van der Waals surface area contributed by atoms with Crippen molar-refractivity contribution in [1.82, 2.24) is 9.80 Å². The van der Waals surface area contributed by atoms with Crippen LogP contribution in [0.4, 0.5) is 0 Å². The van der Waals surface area contributed by atoms with Crippen molar-refractivity contribution in [3.05, 3.63) is 76.3 Å². The van der Waals surface area contributed by atoms with Crippen molar-refractivity contribution in [3.63, 3.8) is 0 Å². The number of carbonyl (C=O) groups excluding carboxylic acids is 1. The number of hydrogen-bond acceptors (Lipinski definition) is 7. The van der Waals surface area contributed by atoms with Crippen molar-refractivity contribution in [2.75, 3.05) is 48.8 Å². The number of rotatable bonds is 9. The molecule has 198 valence electrons. The molecule has 8 heteroatoms. The van der Waals surface area contributed by atoms with E-state index in [0.29, 0.717) is 35.1 Å². The average Bonchev–Trinajstić information content (AvgIpc) is 3.51. The summed E-state index contributed by atoms with van der Waals surface area (Å²) in [7, 11) is 8.99. The van der Waals surface area contributed by atoms with Gasteiger partial charge in [0.05, 0.1) is 39.1 Å². The van der Waals surface area contributed by atoms with E-state index in [0.717, 1.165) is 46.7 Å². The summed E-state index contributed by atoms with van der Waals surface area (Å²) in [6, 6.07) is 15.5. The van der Waals surface area contributed by atoms with Gasteiger partial charge in [-0.05, 0) is 79.7 Å². The Morgan fingerprint density at radius 1 is 0.947 bits per heavy atom. The van der Waals surface area contributed by atoms with E-state index in [1.54, 1.807) is 26.2 Å². The summed E-state index contributed by atoms with van der Waals surface area (Å²) >= 11 is 0. The molecule has 0 fully saturated rings. The third-order valence-electron chi connectivity index (χ3n) is 6.83. The zero-order chi connectivity index (χ0) is 26.8. The number of hydrogen-bond donors (Lipinski definition) is 0. The van der Waals surface area contributed by atoms with Crippen molar-refractivity contribution in [1.29, 1.82) is 0 Å². The average molecular weight is 517 g/mol. The first-order chi connectivity index (χ1) is 18.4. The molecule has 0 unspecified atom stereocenters. The highest BCUT2D eigenvalue weighted by molar-refractivity contribution is 6.14. The van der Waals surface area contributed by atoms with E-state index in [1.807, 2.05) is 62.6 Å². The lowest BCUT2D eigenvalue weighted by molar-refractivity contribution is 0.0839. The fraction of sp³-hybridized carbons (Fsp3) is 0.300. The molecule has 0 atom stereocenters. The lowest BCUT2D eigenvalue weighted by atomic mass is 9.99. The first kappa shape index (κ1) is 25.5.